The van der Waals surface area contributed by atoms with Gasteiger partial charge in [-0.05, 0) is 49.1 Å². The molecule has 3 N–H and O–H groups in total. The maximum Gasteiger partial charge on any atom is 0.344 e. The van der Waals surface area contributed by atoms with E-state index < -0.39 is 23.9 Å². The van der Waals surface area contributed by atoms with Gasteiger partial charge in [0.15, 0.2) is 0 Å². The lowest BCUT2D eigenvalue weighted by atomic mass is 9.88. The minimum atomic E-state index is -0.799. The van der Waals surface area contributed by atoms with Crippen LogP contribution in [0.4, 0.5) is 14.9 Å². The molecule has 30 heavy (non-hydrogen) atoms. The summed E-state index contributed by atoms with van der Waals surface area (Å²) in [4.78, 5) is 24.2. The molecule has 160 valence electrons. The van der Waals surface area contributed by atoms with Gasteiger partial charge in [-0.2, -0.15) is 0 Å². The van der Waals surface area contributed by atoms with E-state index >= 15 is 0 Å². The molecule has 0 saturated carbocycles. The van der Waals surface area contributed by atoms with Crippen molar-refractivity contribution in [3.63, 3.8) is 0 Å². The van der Waals surface area contributed by atoms with Gasteiger partial charge in [0.1, 0.15) is 23.7 Å². The molecular formula is C22H25FN2O5. The number of urea groups is 1. The summed E-state index contributed by atoms with van der Waals surface area (Å²) in [7, 11) is 0. The monoisotopic (exact) mass is 416 g/mol. The van der Waals surface area contributed by atoms with Gasteiger partial charge in [0.2, 0.25) is 0 Å². The smallest absolute Gasteiger partial charge is 0.344 e. The number of esters is 1. The number of nitrogens with one attached hydrogen (secondary N) is 2. The molecule has 1 atom stereocenters. The first-order chi connectivity index (χ1) is 14.5. The Balaban J connectivity index is 1.53. The number of aryl methyl sites for hydroxylation is 1. The van der Waals surface area contributed by atoms with Crippen molar-refractivity contribution in [1.82, 2.24) is 5.32 Å². The zero-order chi connectivity index (χ0) is 21.5. The fourth-order valence-corrected chi connectivity index (χ4v) is 3.40. The molecule has 2 amide bonds. The fraction of sp³-hybridized carbons (Fsp3) is 0.364. The molecule has 3 rings (SSSR count). The Morgan fingerprint density at radius 1 is 1.23 bits per heavy atom. The van der Waals surface area contributed by atoms with Crippen LogP contribution in [-0.2, 0) is 17.6 Å². The van der Waals surface area contributed by atoms with Crippen LogP contribution < -0.4 is 15.4 Å². The molecule has 0 aromatic heterocycles. The molecule has 7 nitrogen and oxygen atoms in total. The van der Waals surface area contributed by atoms with Crippen molar-refractivity contribution in [2.24, 2.45) is 0 Å². The SMILES string of the molecule is CCOC(=O)c1c(F)cccc1OCCNC(=O)Nc1cccc2c1CC(O)CC2. The summed E-state index contributed by atoms with van der Waals surface area (Å²) in [5.74, 6) is -1.47. The van der Waals surface area contributed by atoms with Crippen molar-refractivity contribution in [1.29, 1.82) is 0 Å². The first kappa shape index (κ1) is 21.6. The van der Waals surface area contributed by atoms with E-state index in [9.17, 15) is 19.1 Å². The average molecular weight is 416 g/mol. The van der Waals surface area contributed by atoms with E-state index in [-0.39, 0.29) is 31.1 Å². The van der Waals surface area contributed by atoms with Crippen LogP contribution in [0.2, 0.25) is 0 Å². The van der Waals surface area contributed by atoms with Gasteiger partial charge in [-0.15, -0.1) is 0 Å². The van der Waals surface area contributed by atoms with Crippen molar-refractivity contribution < 1.29 is 28.6 Å². The standard InChI is InChI=1S/C22H25FN2O5/c1-2-29-21(27)20-17(23)6-4-8-19(20)30-12-11-24-22(28)25-18-7-3-5-14-9-10-15(26)13-16(14)18/h3-8,15,26H,2,9-13H2,1H3,(H2,24,25,28). The zero-order valence-electron chi connectivity index (χ0n) is 16.7. The van der Waals surface area contributed by atoms with E-state index in [0.717, 1.165) is 23.6 Å². The minimum absolute atomic E-state index is 0.0366. The summed E-state index contributed by atoms with van der Waals surface area (Å²) in [6, 6.07) is 9.30. The Kier molecular flexibility index (Phi) is 7.24. The maximum atomic E-state index is 14.0. The summed E-state index contributed by atoms with van der Waals surface area (Å²) in [6.45, 7) is 1.93. The van der Waals surface area contributed by atoms with Gasteiger partial charge in [-0.1, -0.05) is 18.2 Å². The number of rotatable bonds is 7. The molecule has 0 radical (unpaired) electrons. The number of ether oxygens (including phenoxy) is 2. The lowest BCUT2D eigenvalue weighted by Gasteiger charge is -2.23. The van der Waals surface area contributed by atoms with E-state index in [2.05, 4.69) is 10.6 Å². The van der Waals surface area contributed by atoms with E-state index in [0.29, 0.717) is 18.5 Å². The summed E-state index contributed by atoms with van der Waals surface area (Å²) < 4.78 is 24.3. The first-order valence-corrected chi connectivity index (χ1v) is 9.91. The van der Waals surface area contributed by atoms with Crippen LogP contribution in [0.25, 0.3) is 0 Å². The Morgan fingerprint density at radius 3 is 2.83 bits per heavy atom. The fourth-order valence-electron chi connectivity index (χ4n) is 3.40. The molecule has 0 aliphatic heterocycles. The van der Waals surface area contributed by atoms with Crippen molar-refractivity contribution in [3.8, 4) is 5.75 Å². The zero-order valence-corrected chi connectivity index (χ0v) is 16.7. The van der Waals surface area contributed by atoms with Crippen molar-refractivity contribution in [2.45, 2.75) is 32.3 Å². The number of aliphatic hydroxyl groups excluding tert-OH is 1. The summed E-state index contributed by atoms with van der Waals surface area (Å²) in [6.07, 6.45) is 1.59. The van der Waals surface area contributed by atoms with Crippen LogP contribution in [0, 0.1) is 5.82 Å². The number of carbonyl (C=O) groups excluding carboxylic acids is 2. The van der Waals surface area contributed by atoms with Gasteiger partial charge in [-0.25, -0.2) is 14.0 Å². The lowest BCUT2D eigenvalue weighted by molar-refractivity contribution is 0.0516. The van der Waals surface area contributed by atoms with Gasteiger partial charge in [0.25, 0.3) is 0 Å². The number of halogens is 1. The molecule has 2 aromatic rings. The van der Waals surface area contributed by atoms with Crippen molar-refractivity contribution >= 4 is 17.7 Å². The molecular weight excluding hydrogens is 391 g/mol. The molecule has 0 heterocycles. The highest BCUT2D eigenvalue weighted by Gasteiger charge is 2.21. The Labute approximate surface area is 174 Å². The van der Waals surface area contributed by atoms with Gasteiger partial charge >= 0.3 is 12.0 Å². The second-order valence-corrected chi connectivity index (χ2v) is 6.90. The topological polar surface area (TPSA) is 96.9 Å². The lowest BCUT2D eigenvalue weighted by Crippen LogP contribution is -2.33. The molecule has 1 aliphatic carbocycles. The maximum absolute atomic E-state index is 14.0. The van der Waals surface area contributed by atoms with Gasteiger partial charge < -0.3 is 25.2 Å². The van der Waals surface area contributed by atoms with E-state index in [1.165, 1.54) is 12.1 Å². The molecule has 0 spiro atoms. The molecule has 1 unspecified atom stereocenters. The Hall–Kier alpha value is -3.13. The van der Waals surface area contributed by atoms with E-state index in [1.54, 1.807) is 13.0 Å². The Morgan fingerprint density at radius 2 is 2.03 bits per heavy atom. The molecule has 0 bridgehead atoms. The van der Waals surface area contributed by atoms with Gasteiger partial charge in [0, 0.05) is 12.1 Å². The van der Waals surface area contributed by atoms with Crippen LogP contribution in [-0.4, -0.2) is 43.0 Å². The summed E-state index contributed by atoms with van der Waals surface area (Å²) >= 11 is 0. The molecule has 0 fully saturated rings. The highest BCUT2D eigenvalue weighted by molar-refractivity contribution is 5.93. The van der Waals surface area contributed by atoms with Crippen LogP contribution >= 0.6 is 0 Å². The average Bonchev–Trinajstić information content (AvgIpc) is 2.72. The van der Waals surface area contributed by atoms with Gasteiger partial charge in [-0.3, -0.25) is 0 Å². The van der Waals surface area contributed by atoms with Crippen LogP contribution in [0.15, 0.2) is 36.4 Å². The van der Waals surface area contributed by atoms with Crippen molar-refractivity contribution in [2.75, 3.05) is 25.1 Å². The highest BCUT2D eigenvalue weighted by atomic mass is 19.1. The third-order valence-corrected chi connectivity index (χ3v) is 4.81. The number of carbonyl (C=O) groups is 2. The van der Waals surface area contributed by atoms with Crippen molar-refractivity contribution in [3.05, 3.63) is 58.9 Å². The third kappa shape index (κ3) is 5.27. The predicted molar refractivity (Wildman–Crippen MR) is 109 cm³/mol. The number of hydrogen-bond acceptors (Lipinski definition) is 5. The van der Waals surface area contributed by atoms with Crippen LogP contribution in [0.5, 0.6) is 5.75 Å². The summed E-state index contributed by atoms with van der Waals surface area (Å²) in [5.41, 5.74) is 2.47. The number of aliphatic hydroxyl groups is 1. The normalized spacial score (nSPS) is 15.1. The number of anilines is 1. The third-order valence-electron chi connectivity index (χ3n) is 4.81. The van der Waals surface area contributed by atoms with Gasteiger partial charge in [0.05, 0.1) is 19.3 Å². The minimum Gasteiger partial charge on any atom is -0.491 e. The second-order valence-electron chi connectivity index (χ2n) is 6.90. The second kappa shape index (κ2) is 10.1. The van der Waals surface area contributed by atoms with Crippen LogP contribution in [0.1, 0.15) is 34.8 Å². The largest absolute Gasteiger partial charge is 0.491 e. The van der Waals surface area contributed by atoms with E-state index in [1.807, 2.05) is 12.1 Å². The Bertz CT molecular complexity index is 918. The molecule has 2 aromatic carbocycles. The predicted octanol–water partition coefficient (Wildman–Crippen LogP) is 3.05. The number of fused-ring (bicyclic) bond motifs is 1. The highest BCUT2D eigenvalue weighted by Crippen LogP contribution is 2.28. The summed E-state index contributed by atoms with van der Waals surface area (Å²) in [5, 5.41) is 15.4. The van der Waals surface area contributed by atoms with E-state index in [4.69, 9.17) is 9.47 Å². The molecule has 0 saturated heterocycles. The number of hydrogen-bond donors (Lipinski definition) is 3. The van der Waals surface area contributed by atoms with Crippen LogP contribution in [0.3, 0.4) is 0 Å². The number of amides is 2. The number of benzene rings is 2. The molecule has 1 aliphatic rings. The molecule has 8 heteroatoms. The quantitative estimate of drug-likeness (QED) is 0.476. The first-order valence-electron chi connectivity index (χ1n) is 9.91.